The van der Waals surface area contributed by atoms with Crippen LogP contribution in [0.15, 0.2) is 24.3 Å². The molecule has 0 aromatic heterocycles. The van der Waals surface area contributed by atoms with E-state index in [1.165, 1.54) is 5.56 Å². The third kappa shape index (κ3) is 12.9. The molecule has 2 nitrogen and oxygen atoms in total. The summed E-state index contributed by atoms with van der Waals surface area (Å²) in [6, 6.07) is 8.13. The van der Waals surface area contributed by atoms with E-state index < -0.39 is 0 Å². The molecule has 0 N–H and O–H groups in total. The second-order valence-corrected chi connectivity index (χ2v) is 4.01. The Labute approximate surface area is 119 Å². The minimum absolute atomic E-state index is 0.307. The first-order valence-corrected chi connectivity index (χ1v) is 7.26. The maximum atomic E-state index is 10.2. The summed E-state index contributed by atoms with van der Waals surface area (Å²) in [7, 11) is 1.68. The van der Waals surface area contributed by atoms with E-state index in [1.807, 2.05) is 26.0 Å². The van der Waals surface area contributed by atoms with Crippen LogP contribution in [0.5, 0.6) is 5.75 Å². The fourth-order valence-corrected chi connectivity index (χ4v) is 1.29. The van der Waals surface area contributed by atoms with Gasteiger partial charge in [0.05, 0.1) is 7.11 Å². The molecule has 0 fully saturated rings. The zero-order valence-corrected chi connectivity index (χ0v) is 13.5. The maximum Gasteiger partial charge on any atom is 0.129 e. The number of Topliss-reactive ketones (excluding diaryl/α,β-unsaturated/α-hetero) is 1. The van der Waals surface area contributed by atoms with Crippen LogP contribution in [0.25, 0.3) is 0 Å². The Morgan fingerprint density at radius 2 is 1.63 bits per heavy atom. The fourth-order valence-electron chi connectivity index (χ4n) is 1.29. The van der Waals surface area contributed by atoms with Crippen LogP contribution in [-0.4, -0.2) is 12.9 Å². The first kappa shape index (κ1) is 20.0. The van der Waals surface area contributed by atoms with Gasteiger partial charge in [-0.05, 0) is 37.5 Å². The van der Waals surface area contributed by atoms with Gasteiger partial charge < -0.3 is 9.53 Å². The van der Waals surface area contributed by atoms with Crippen molar-refractivity contribution in [3.63, 3.8) is 0 Å². The lowest BCUT2D eigenvalue weighted by atomic mass is 10.2. The number of unbranched alkanes of at least 4 members (excludes halogenated alkanes) is 1. The van der Waals surface area contributed by atoms with Gasteiger partial charge in [-0.15, -0.1) is 0 Å². The van der Waals surface area contributed by atoms with E-state index in [0.717, 1.165) is 31.4 Å². The Morgan fingerprint density at radius 3 is 1.89 bits per heavy atom. The van der Waals surface area contributed by atoms with Crippen molar-refractivity contribution in [3.8, 4) is 5.75 Å². The Morgan fingerprint density at radius 1 is 1.11 bits per heavy atom. The molecule has 1 aromatic carbocycles. The number of methoxy groups -OCH3 is 1. The number of ketones is 1. The third-order valence-corrected chi connectivity index (χ3v) is 2.45. The van der Waals surface area contributed by atoms with Crippen molar-refractivity contribution in [2.75, 3.05) is 7.11 Å². The van der Waals surface area contributed by atoms with Crippen molar-refractivity contribution in [1.29, 1.82) is 0 Å². The molecule has 0 heterocycles. The molecule has 110 valence electrons. The summed E-state index contributed by atoms with van der Waals surface area (Å²) in [6.07, 6.45) is 4.02. The van der Waals surface area contributed by atoms with Gasteiger partial charge in [0.2, 0.25) is 0 Å². The lowest BCUT2D eigenvalue weighted by molar-refractivity contribution is -0.117. The van der Waals surface area contributed by atoms with E-state index in [9.17, 15) is 4.79 Å². The molecule has 0 bridgehead atoms. The van der Waals surface area contributed by atoms with Crippen molar-refractivity contribution in [2.24, 2.45) is 0 Å². The number of hydrogen-bond acceptors (Lipinski definition) is 2. The second kappa shape index (κ2) is 14.7. The van der Waals surface area contributed by atoms with E-state index >= 15 is 0 Å². The number of aryl methyl sites for hydroxylation is 1. The number of ether oxygens (including phenoxy) is 1. The minimum Gasteiger partial charge on any atom is -0.497 e. The Kier molecular flexibility index (Phi) is 15.5. The van der Waals surface area contributed by atoms with E-state index in [0.29, 0.717) is 5.78 Å². The average Bonchev–Trinajstić information content (AvgIpc) is 2.48. The molecule has 0 unspecified atom stereocenters. The molecule has 19 heavy (non-hydrogen) atoms. The standard InChI is InChI=1S/C9H12O.C6H12O.C2H6/c1-3-8-4-6-9(10-2)7-5-8;1-3-4-5-6(2)7;1-2/h4-7H,3H2,1-2H3;3-5H2,1-2H3;1-2H3. The molecule has 0 aliphatic carbocycles. The molecular formula is C17H30O2. The number of hydrogen-bond donors (Lipinski definition) is 0. The lowest BCUT2D eigenvalue weighted by Crippen LogP contribution is -1.86. The monoisotopic (exact) mass is 266 g/mol. The summed E-state index contributed by atoms with van der Waals surface area (Å²) in [4.78, 5) is 10.2. The number of carbonyl (C=O) groups is 1. The van der Waals surface area contributed by atoms with Crippen molar-refractivity contribution >= 4 is 5.78 Å². The molecule has 0 spiro atoms. The van der Waals surface area contributed by atoms with E-state index in [4.69, 9.17) is 4.74 Å². The van der Waals surface area contributed by atoms with Gasteiger partial charge in [-0.2, -0.15) is 0 Å². The van der Waals surface area contributed by atoms with Crippen LogP contribution in [0, 0.1) is 0 Å². The van der Waals surface area contributed by atoms with E-state index in [-0.39, 0.29) is 0 Å². The van der Waals surface area contributed by atoms with Crippen LogP contribution in [0.3, 0.4) is 0 Å². The van der Waals surface area contributed by atoms with Gasteiger partial charge in [-0.3, -0.25) is 0 Å². The number of benzene rings is 1. The maximum absolute atomic E-state index is 10.2. The van der Waals surface area contributed by atoms with Gasteiger partial charge in [0, 0.05) is 6.42 Å². The lowest BCUT2D eigenvalue weighted by Gasteiger charge is -1.99. The Bertz CT molecular complexity index is 279. The zero-order valence-electron chi connectivity index (χ0n) is 13.5. The molecule has 2 heteroatoms. The highest BCUT2D eigenvalue weighted by molar-refractivity contribution is 5.75. The smallest absolute Gasteiger partial charge is 0.129 e. The van der Waals surface area contributed by atoms with E-state index in [1.54, 1.807) is 14.0 Å². The van der Waals surface area contributed by atoms with Crippen molar-refractivity contribution in [1.82, 2.24) is 0 Å². The van der Waals surface area contributed by atoms with Crippen LogP contribution < -0.4 is 4.74 Å². The molecular weight excluding hydrogens is 236 g/mol. The van der Waals surface area contributed by atoms with Gasteiger partial charge in [0.25, 0.3) is 0 Å². The molecule has 1 aromatic rings. The SMILES string of the molecule is CC.CCCCC(C)=O.CCc1ccc(OC)cc1. The predicted molar refractivity (Wildman–Crippen MR) is 83.9 cm³/mol. The number of rotatable bonds is 5. The minimum atomic E-state index is 0.307. The van der Waals surface area contributed by atoms with Crippen LogP contribution in [0.1, 0.15) is 59.4 Å². The molecule has 0 radical (unpaired) electrons. The first-order chi connectivity index (χ1) is 9.13. The van der Waals surface area contributed by atoms with Crippen LogP contribution in [0.2, 0.25) is 0 Å². The van der Waals surface area contributed by atoms with Gasteiger partial charge >= 0.3 is 0 Å². The highest BCUT2D eigenvalue weighted by Crippen LogP contribution is 2.10. The van der Waals surface area contributed by atoms with Gasteiger partial charge in [0.15, 0.2) is 0 Å². The largest absolute Gasteiger partial charge is 0.497 e. The van der Waals surface area contributed by atoms with Crippen LogP contribution in [-0.2, 0) is 11.2 Å². The molecule has 0 aliphatic heterocycles. The summed E-state index contributed by atoms with van der Waals surface area (Å²) < 4.78 is 5.01. The molecule has 0 saturated carbocycles. The summed E-state index contributed by atoms with van der Waals surface area (Å²) >= 11 is 0. The fraction of sp³-hybridized carbons (Fsp3) is 0.588. The molecule has 0 aliphatic rings. The highest BCUT2D eigenvalue weighted by atomic mass is 16.5. The molecule has 1 rings (SSSR count). The molecule has 0 amide bonds. The third-order valence-electron chi connectivity index (χ3n) is 2.45. The van der Waals surface area contributed by atoms with Gasteiger partial charge in [0.1, 0.15) is 11.5 Å². The first-order valence-electron chi connectivity index (χ1n) is 7.26. The summed E-state index contributed by atoms with van der Waals surface area (Å²) in [5.41, 5.74) is 1.35. The average molecular weight is 266 g/mol. The zero-order chi connectivity index (χ0) is 15.1. The quantitative estimate of drug-likeness (QED) is 0.745. The second-order valence-electron chi connectivity index (χ2n) is 4.01. The van der Waals surface area contributed by atoms with Crippen LogP contribution in [0.4, 0.5) is 0 Å². The summed E-state index contributed by atoms with van der Waals surface area (Å²) in [5, 5.41) is 0. The molecule has 0 atom stereocenters. The van der Waals surface area contributed by atoms with Gasteiger partial charge in [-0.1, -0.05) is 46.2 Å². The van der Waals surface area contributed by atoms with E-state index in [2.05, 4.69) is 26.0 Å². The van der Waals surface area contributed by atoms with Gasteiger partial charge in [-0.25, -0.2) is 0 Å². The van der Waals surface area contributed by atoms with Crippen LogP contribution >= 0.6 is 0 Å². The summed E-state index contributed by atoms with van der Waals surface area (Å²) in [5.74, 6) is 1.24. The highest BCUT2D eigenvalue weighted by Gasteiger charge is 1.89. The van der Waals surface area contributed by atoms with Crippen molar-refractivity contribution in [2.45, 2.75) is 60.3 Å². The number of carbonyl (C=O) groups excluding carboxylic acids is 1. The molecule has 0 saturated heterocycles. The normalized spacial score (nSPS) is 8.53. The topological polar surface area (TPSA) is 26.3 Å². The Hall–Kier alpha value is -1.31. The van der Waals surface area contributed by atoms with Crippen molar-refractivity contribution < 1.29 is 9.53 Å². The predicted octanol–water partition coefficient (Wildman–Crippen LogP) is 5.05. The summed E-state index contributed by atoms with van der Waals surface area (Å²) in [6.45, 7) is 9.86. The van der Waals surface area contributed by atoms with Crippen molar-refractivity contribution in [3.05, 3.63) is 29.8 Å². The Balaban J connectivity index is 0.